The van der Waals surface area contributed by atoms with Gasteiger partial charge in [-0.1, -0.05) is 0 Å². The number of aliphatic hydroxyl groups is 3. The van der Waals surface area contributed by atoms with Crippen molar-refractivity contribution in [3.8, 4) is 5.75 Å². The maximum atomic E-state index is 12.1. The SMILES string of the molecule is COc1ccc(/C=N/Nc2nc3c(=O)[nH]cnc3n2[C@@H]2O[C@H](CO)[C@@H](O)[C@H]2O)cc1. The van der Waals surface area contributed by atoms with E-state index in [-0.39, 0.29) is 17.1 Å². The van der Waals surface area contributed by atoms with Crippen molar-refractivity contribution in [2.45, 2.75) is 24.5 Å². The molecule has 30 heavy (non-hydrogen) atoms. The minimum atomic E-state index is -1.38. The van der Waals surface area contributed by atoms with Gasteiger partial charge >= 0.3 is 0 Å². The van der Waals surface area contributed by atoms with Gasteiger partial charge in [0, 0.05) is 0 Å². The number of ether oxygens (including phenoxy) is 2. The summed E-state index contributed by atoms with van der Waals surface area (Å²) in [5.41, 5.74) is 3.11. The smallest absolute Gasteiger partial charge is 0.278 e. The molecule has 12 heteroatoms. The van der Waals surface area contributed by atoms with Crippen molar-refractivity contribution in [1.29, 1.82) is 0 Å². The molecule has 1 aliphatic rings. The first-order valence-corrected chi connectivity index (χ1v) is 9.04. The lowest BCUT2D eigenvalue weighted by molar-refractivity contribution is -0.0501. The van der Waals surface area contributed by atoms with Crippen molar-refractivity contribution >= 4 is 23.3 Å². The van der Waals surface area contributed by atoms with Crippen molar-refractivity contribution in [2.75, 3.05) is 19.1 Å². The largest absolute Gasteiger partial charge is 0.497 e. The molecule has 0 amide bonds. The zero-order valence-electron chi connectivity index (χ0n) is 15.8. The molecule has 0 radical (unpaired) electrons. The Kier molecular flexibility index (Phi) is 5.46. The lowest BCUT2D eigenvalue weighted by atomic mass is 10.1. The number of hydrogen-bond donors (Lipinski definition) is 5. The first kappa shape index (κ1) is 20.0. The van der Waals surface area contributed by atoms with E-state index in [4.69, 9.17) is 9.47 Å². The number of aromatic nitrogens is 4. The van der Waals surface area contributed by atoms with E-state index < -0.39 is 36.7 Å². The summed E-state index contributed by atoms with van der Waals surface area (Å²) in [6, 6.07) is 7.15. The highest BCUT2D eigenvalue weighted by molar-refractivity contribution is 5.80. The number of nitrogens with one attached hydrogen (secondary N) is 2. The van der Waals surface area contributed by atoms with Gasteiger partial charge in [-0.15, -0.1) is 0 Å². The van der Waals surface area contributed by atoms with Gasteiger partial charge < -0.3 is 29.8 Å². The zero-order valence-corrected chi connectivity index (χ0v) is 15.8. The van der Waals surface area contributed by atoms with Crippen molar-refractivity contribution in [1.82, 2.24) is 19.5 Å². The maximum Gasteiger partial charge on any atom is 0.278 e. The van der Waals surface area contributed by atoms with Crippen LogP contribution in [0.3, 0.4) is 0 Å². The van der Waals surface area contributed by atoms with E-state index in [9.17, 15) is 20.1 Å². The summed E-state index contributed by atoms with van der Waals surface area (Å²) in [6.07, 6.45) is -2.14. The summed E-state index contributed by atoms with van der Waals surface area (Å²) < 4.78 is 12.0. The number of aliphatic hydroxyl groups excluding tert-OH is 3. The third-order valence-electron chi connectivity index (χ3n) is 4.75. The lowest BCUT2D eigenvalue weighted by Crippen LogP contribution is -2.33. The van der Waals surface area contributed by atoms with Crippen LogP contribution in [0.25, 0.3) is 11.2 Å². The number of hydrogen-bond acceptors (Lipinski definition) is 10. The van der Waals surface area contributed by atoms with Crippen LogP contribution in [0.15, 0.2) is 40.5 Å². The predicted molar refractivity (Wildman–Crippen MR) is 105 cm³/mol. The number of rotatable bonds is 6. The second-order valence-electron chi connectivity index (χ2n) is 6.58. The fraction of sp³-hybridized carbons (Fsp3) is 0.333. The molecule has 4 atom stereocenters. The average molecular weight is 416 g/mol. The molecule has 12 nitrogen and oxygen atoms in total. The summed E-state index contributed by atoms with van der Waals surface area (Å²) in [6.45, 7) is -0.492. The van der Waals surface area contributed by atoms with E-state index >= 15 is 0 Å². The fourth-order valence-electron chi connectivity index (χ4n) is 3.19. The van der Waals surface area contributed by atoms with E-state index in [1.54, 1.807) is 31.4 Å². The number of hydrazone groups is 1. The molecule has 0 bridgehead atoms. The van der Waals surface area contributed by atoms with E-state index in [0.717, 1.165) is 5.56 Å². The Hall–Kier alpha value is -3.32. The van der Waals surface area contributed by atoms with Crippen molar-refractivity contribution in [3.05, 3.63) is 46.5 Å². The van der Waals surface area contributed by atoms with Crippen LogP contribution in [0, 0.1) is 0 Å². The molecule has 5 N–H and O–H groups in total. The number of anilines is 1. The number of H-pyrrole nitrogens is 1. The van der Waals surface area contributed by atoms with Gasteiger partial charge in [0.2, 0.25) is 5.95 Å². The standard InChI is InChI=1S/C18H20N6O6/c1-29-10-4-2-9(3-5-10)6-21-23-18-22-12-15(19-8-20-16(12)28)24(18)17-14(27)13(26)11(7-25)30-17/h2-6,8,11,13-14,17,25-27H,7H2,1H3,(H,22,23)(H,19,20,28)/b21-6+/t11-,13-,14-,17-/m1/s1. The van der Waals surface area contributed by atoms with Gasteiger partial charge in [-0.3, -0.25) is 9.36 Å². The van der Waals surface area contributed by atoms with E-state index in [1.165, 1.54) is 17.1 Å². The summed E-state index contributed by atoms with van der Waals surface area (Å²) in [5.74, 6) is 0.769. The van der Waals surface area contributed by atoms with Crippen LogP contribution in [-0.4, -0.2) is 73.1 Å². The monoisotopic (exact) mass is 416 g/mol. The predicted octanol–water partition coefficient (Wildman–Crippen LogP) is -0.814. The molecule has 1 fully saturated rings. The molecule has 0 saturated carbocycles. The van der Waals surface area contributed by atoms with Crippen LogP contribution < -0.4 is 15.7 Å². The second-order valence-corrected chi connectivity index (χ2v) is 6.58. The van der Waals surface area contributed by atoms with Crippen LogP contribution >= 0.6 is 0 Å². The molecule has 2 aromatic heterocycles. The first-order chi connectivity index (χ1) is 14.5. The number of nitrogens with zero attached hydrogens (tertiary/aromatic N) is 4. The van der Waals surface area contributed by atoms with Crippen LogP contribution in [-0.2, 0) is 4.74 Å². The Labute approximate surface area is 169 Å². The van der Waals surface area contributed by atoms with Gasteiger partial charge in [0.05, 0.1) is 26.3 Å². The normalized spacial score (nSPS) is 24.0. The van der Waals surface area contributed by atoms with Crippen LogP contribution in [0.1, 0.15) is 11.8 Å². The highest BCUT2D eigenvalue weighted by atomic mass is 16.6. The molecular formula is C18H20N6O6. The summed E-state index contributed by atoms with van der Waals surface area (Å²) >= 11 is 0. The van der Waals surface area contributed by atoms with E-state index in [0.29, 0.717) is 5.75 Å². The molecule has 3 aromatic rings. The quantitative estimate of drug-likeness (QED) is 0.255. The highest BCUT2D eigenvalue weighted by Gasteiger charge is 2.45. The van der Waals surface area contributed by atoms with Crippen LogP contribution in [0.4, 0.5) is 5.95 Å². The zero-order chi connectivity index (χ0) is 21.3. The highest BCUT2D eigenvalue weighted by Crippen LogP contribution is 2.33. The molecule has 4 rings (SSSR count). The van der Waals surface area contributed by atoms with Gasteiger partial charge in [-0.05, 0) is 29.8 Å². The molecule has 0 aliphatic carbocycles. The van der Waals surface area contributed by atoms with Gasteiger partial charge in [-0.25, -0.2) is 15.4 Å². The fourth-order valence-corrected chi connectivity index (χ4v) is 3.19. The average Bonchev–Trinajstić information content (AvgIpc) is 3.26. The molecule has 1 aliphatic heterocycles. The number of imidazole rings is 1. The Morgan fingerprint density at radius 1 is 1.33 bits per heavy atom. The van der Waals surface area contributed by atoms with Crippen LogP contribution in [0.5, 0.6) is 5.75 Å². The van der Waals surface area contributed by atoms with Gasteiger partial charge in [-0.2, -0.15) is 5.10 Å². The van der Waals surface area contributed by atoms with Gasteiger partial charge in [0.15, 0.2) is 17.4 Å². The summed E-state index contributed by atoms with van der Waals surface area (Å²) in [5, 5.41) is 34.0. The molecule has 0 spiro atoms. The summed E-state index contributed by atoms with van der Waals surface area (Å²) in [7, 11) is 1.57. The van der Waals surface area contributed by atoms with Gasteiger partial charge in [0.25, 0.3) is 5.56 Å². The Morgan fingerprint density at radius 3 is 2.77 bits per heavy atom. The molecular weight excluding hydrogens is 396 g/mol. The van der Waals surface area contributed by atoms with Crippen molar-refractivity contribution in [2.24, 2.45) is 5.10 Å². The molecule has 0 unspecified atom stereocenters. The van der Waals surface area contributed by atoms with Crippen molar-refractivity contribution < 1.29 is 24.8 Å². The topological polar surface area (TPSA) is 167 Å². The Morgan fingerprint density at radius 2 is 2.10 bits per heavy atom. The maximum absolute atomic E-state index is 12.1. The minimum Gasteiger partial charge on any atom is -0.497 e. The van der Waals surface area contributed by atoms with Gasteiger partial charge in [0.1, 0.15) is 24.1 Å². The van der Waals surface area contributed by atoms with Crippen molar-refractivity contribution in [3.63, 3.8) is 0 Å². The molecule has 1 aromatic carbocycles. The third kappa shape index (κ3) is 3.52. The Bertz CT molecular complexity index is 1110. The number of aromatic amines is 1. The molecule has 3 heterocycles. The van der Waals surface area contributed by atoms with E-state index in [1.807, 2.05) is 0 Å². The summed E-state index contributed by atoms with van der Waals surface area (Å²) in [4.78, 5) is 22.9. The molecule has 158 valence electrons. The second kappa shape index (κ2) is 8.20. The molecule has 1 saturated heterocycles. The Balaban J connectivity index is 1.69. The third-order valence-corrected chi connectivity index (χ3v) is 4.75. The number of benzene rings is 1. The number of methoxy groups -OCH3 is 1. The number of fused-ring (bicyclic) bond motifs is 1. The minimum absolute atomic E-state index is 0.00242. The van der Waals surface area contributed by atoms with Crippen LogP contribution in [0.2, 0.25) is 0 Å². The lowest BCUT2D eigenvalue weighted by Gasteiger charge is -2.18. The first-order valence-electron chi connectivity index (χ1n) is 9.04. The van der Waals surface area contributed by atoms with E-state index in [2.05, 4.69) is 25.5 Å².